The number of hydrogen-bond acceptors (Lipinski definition) is 6. The van der Waals surface area contributed by atoms with Crippen LogP contribution >= 0.6 is 11.6 Å². The van der Waals surface area contributed by atoms with Crippen molar-refractivity contribution < 1.29 is 14.6 Å². The van der Waals surface area contributed by atoms with Crippen LogP contribution in [0.25, 0.3) is 0 Å². The Balaban J connectivity index is 1.75. The summed E-state index contributed by atoms with van der Waals surface area (Å²) in [6.45, 7) is 2.74. The summed E-state index contributed by atoms with van der Waals surface area (Å²) in [7, 11) is 0. The van der Waals surface area contributed by atoms with Gasteiger partial charge in [0.2, 0.25) is 5.95 Å². The van der Waals surface area contributed by atoms with Gasteiger partial charge in [0.25, 0.3) is 5.91 Å². The molecule has 0 radical (unpaired) electrons. The van der Waals surface area contributed by atoms with E-state index in [-0.39, 0.29) is 19.1 Å². The molecule has 1 heterocycles. The van der Waals surface area contributed by atoms with E-state index in [0.29, 0.717) is 28.8 Å². The molecular formula is C16H19ClN4O3. The molecule has 2 aromatic rings. The average Bonchev–Trinajstić information content (AvgIpc) is 2.60. The second-order valence-corrected chi connectivity index (χ2v) is 5.39. The maximum absolute atomic E-state index is 12.0. The number of anilines is 1. The topological polar surface area (TPSA) is 96.4 Å². The molecule has 0 unspecified atom stereocenters. The molecule has 1 aromatic heterocycles. The van der Waals surface area contributed by atoms with Gasteiger partial charge in [-0.1, -0.05) is 11.6 Å². The summed E-state index contributed by atoms with van der Waals surface area (Å²) < 4.78 is 5.41. The van der Waals surface area contributed by atoms with Gasteiger partial charge >= 0.3 is 0 Å². The minimum atomic E-state index is -0.841. The fraction of sp³-hybridized carbons (Fsp3) is 0.312. The highest BCUT2D eigenvalue weighted by Gasteiger charge is 2.11. The van der Waals surface area contributed by atoms with E-state index < -0.39 is 6.10 Å². The van der Waals surface area contributed by atoms with Crippen LogP contribution in [0.1, 0.15) is 17.3 Å². The van der Waals surface area contributed by atoms with Crippen LogP contribution in [0.15, 0.2) is 36.7 Å². The van der Waals surface area contributed by atoms with Gasteiger partial charge in [0.15, 0.2) is 0 Å². The molecule has 0 spiro atoms. The van der Waals surface area contributed by atoms with Crippen molar-refractivity contribution in [3.63, 3.8) is 0 Å². The van der Waals surface area contributed by atoms with Crippen LogP contribution in [0.3, 0.4) is 0 Å². The summed E-state index contributed by atoms with van der Waals surface area (Å²) in [5.41, 5.74) is 0.322. The Hall–Kier alpha value is -2.38. The summed E-state index contributed by atoms with van der Waals surface area (Å²) in [4.78, 5) is 20.0. The second kappa shape index (κ2) is 9.05. The molecule has 0 aliphatic heterocycles. The van der Waals surface area contributed by atoms with Crippen LogP contribution in [-0.2, 0) is 0 Å². The first-order valence-electron chi connectivity index (χ1n) is 7.49. The standard InChI is InChI=1S/C16H19ClN4O3/c1-2-18-16-20-7-11(8-21-16)15(23)19-9-13(22)10-24-14-5-3-12(17)4-6-14/h3-8,13,22H,2,9-10H2,1H3,(H,19,23)(H,18,20,21)/t13-/m0/s1. The molecule has 0 saturated heterocycles. The highest BCUT2D eigenvalue weighted by Crippen LogP contribution is 2.15. The summed E-state index contributed by atoms with van der Waals surface area (Å²) in [5.74, 6) is 0.700. The molecule has 1 atom stereocenters. The smallest absolute Gasteiger partial charge is 0.254 e. The van der Waals surface area contributed by atoms with Crippen molar-refractivity contribution in [3.05, 3.63) is 47.2 Å². The summed E-state index contributed by atoms with van der Waals surface area (Å²) in [5, 5.41) is 16.0. The highest BCUT2D eigenvalue weighted by molar-refractivity contribution is 6.30. The number of halogens is 1. The predicted molar refractivity (Wildman–Crippen MR) is 91.5 cm³/mol. The fourth-order valence-corrected chi connectivity index (χ4v) is 1.92. The molecule has 7 nitrogen and oxygen atoms in total. The number of nitrogens with one attached hydrogen (secondary N) is 2. The van der Waals surface area contributed by atoms with Gasteiger partial charge in [0.05, 0.1) is 5.56 Å². The Morgan fingerprint density at radius 1 is 1.29 bits per heavy atom. The molecule has 8 heteroatoms. The van der Waals surface area contributed by atoms with E-state index >= 15 is 0 Å². The first-order valence-corrected chi connectivity index (χ1v) is 7.87. The first kappa shape index (κ1) is 18.0. The minimum absolute atomic E-state index is 0.0533. The zero-order valence-corrected chi connectivity index (χ0v) is 14.0. The lowest BCUT2D eigenvalue weighted by atomic mass is 10.3. The van der Waals surface area contributed by atoms with E-state index in [9.17, 15) is 9.90 Å². The van der Waals surface area contributed by atoms with Gasteiger partial charge < -0.3 is 20.5 Å². The number of aliphatic hydroxyl groups excluding tert-OH is 1. The first-order chi connectivity index (χ1) is 11.6. The van der Waals surface area contributed by atoms with Gasteiger partial charge in [-0.25, -0.2) is 9.97 Å². The number of carbonyl (C=O) groups excluding carboxylic acids is 1. The minimum Gasteiger partial charge on any atom is -0.491 e. The van der Waals surface area contributed by atoms with Gasteiger partial charge in [0, 0.05) is 30.5 Å². The summed E-state index contributed by atoms with van der Waals surface area (Å²) in [6, 6.07) is 6.80. The number of aromatic nitrogens is 2. The Morgan fingerprint density at radius 2 is 1.96 bits per heavy atom. The molecule has 128 valence electrons. The van der Waals surface area contributed by atoms with Crippen LogP contribution in [0, 0.1) is 0 Å². The van der Waals surface area contributed by atoms with Crippen LogP contribution in [0.2, 0.25) is 5.02 Å². The lowest BCUT2D eigenvalue weighted by Gasteiger charge is -2.13. The lowest BCUT2D eigenvalue weighted by Crippen LogP contribution is -2.35. The average molecular weight is 351 g/mol. The third-order valence-electron chi connectivity index (χ3n) is 3.00. The molecule has 0 aliphatic carbocycles. The van der Waals surface area contributed by atoms with E-state index in [4.69, 9.17) is 16.3 Å². The SMILES string of the molecule is CCNc1ncc(C(=O)NC[C@H](O)COc2ccc(Cl)cc2)cn1. The Bertz CT molecular complexity index is 649. The second-order valence-electron chi connectivity index (χ2n) is 4.95. The van der Waals surface area contributed by atoms with Gasteiger partial charge in [-0.2, -0.15) is 0 Å². The van der Waals surface area contributed by atoms with E-state index in [1.54, 1.807) is 24.3 Å². The molecule has 3 N–H and O–H groups in total. The van der Waals surface area contributed by atoms with Crippen LogP contribution in [0.5, 0.6) is 5.75 Å². The molecule has 0 aliphatic rings. The van der Waals surface area contributed by atoms with Crippen LogP contribution in [-0.4, -0.2) is 46.8 Å². The van der Waals surface area contributed by atoms with Gasteiger partial charge in [-0.3, -0.25) is 4.79 Å². The summed E-state index contributed by atoms with van der Waals surface area (Å²) in [6.07, 6.45) is 2.01. The maximum Gasteiger partial charge on any atom is 0.254 e. The third kappa shape index (κ3) is 5.68. The Labute approximate surface area is 145 Å². The van der Waals surface area contributed by atoms with Crippen LogP contribution < -0.4 is 15.4 Å². The molecule has 0 fully saturated rings. The van der Waals surface area contributed by atoms with E-state index in [1.807, 2.05) is 6.92 Å². The molecular weight excluding hydrogens is 332 g/mol. The maximum atomic E-state index is 12.0. The number of ether oxygens (including phenoxy) is 1. The van der Waals surface area contributed by atoms with Gasteiger partial charge in [-0.15, -0.1) is 0 Å². The van der Waals surface area contributed by atoms with Crippen molar-refractivity contribution in [3.8, 4) is 5.75 Å². The quantitative estimate of drug-likeness (QED) is 0.671. The van der Waals surface area contributed by atoms with Crippen molar-refractivity contribution in [2.75, 3.05) is 25.0 Å². The summed E-state index contributed by atoms with van der Waals surface area (Å²) >= 11 is 5.78. The van der Waals surface area contributed by atoms with Gasteiger partial charge in [-0.05, 0) is 31.2 Å². The van der Waals surface area contributed by atoms with E-state index in [0.717, 1.165) is 0 Å². The number of benzene rings is 1. The third-order valence-corrected chi connectivity index (χ3v) is 3.26. The number of amides is 1. The fourth-order valence-electron chi connectivity index (χ4n) is 1.79. The molecule has 0 bridgehead atoms. The molecule has 24 heavy (non-hydrogen) atoms. The Kier molecular flexibility index (Phi) is 6.77. The van der Waals surface area contributed by atoms with E-state index in [2.05, 4.69) is 20.6 Å². The molecule has 2 rings (SSSR count). The monoisotopic (exact) mass is 350 g/mol. The van der Waals surface area contributed by atoms with Crippen molar-refractivity contribution >= 4 is 23.5 Å². The largest absolute Gasteiger partial charge is 0.491 e. The predicted octanol–water partition coefficient (Wildman–Crippen LogP) is 1.73. The number of carbonyl (C=O) groups is 1. The van der Waals surface area contributed by atoms with E-state index in [1.165, 1.54) is 12.4 Å². The van der Waals surface area contributed by atoms with Crippen LogP contribution in [0.4, 0.5) is 5.95 Å². The zero-order chi connectivity index (χ0) is 17.4. The van der Waals surface area contributed by atoms with Crippen molar-refractivity contribution in [1.82, 2.24) is 15.3 Å². The number of aliphatic hydroxyl groups is 1. The number of rotatable bonds is 8. The number of hydrogen-bond donors (Lipinski definition) is 3. The van der Waals surface area contributed by atoms with Crippen molar-refractivity contribution in [2.45, 2.75) is 13.0 Å². The number of nitrogens with zero attached hydrogens (tertiary/aromatic N) is 2. The molecule has 1 amide bonds. The molecule has 1 aromatic carbocycles. The Morgan fingerprint density at radius 3 is 2.58 bits per heavy atom. The molecule has 0 saturated carbocycles. The normalized spacial score (nSPS) is 11.6. The van der Waals surface area contributed by atoms with Crippen molar-refractivity contribution in [2.24, 2.45) is 0 Å². The van der Waals surface area contributed by atoms with Gasteiger partial charge in [0.1, 0.15) is 18.5 Å². The highest BCUT2D eigenvalue weighted by atomic mass is 35.5. The van der Waals surface area contributed by atoms with Crippen molar-refractivity contribution in [1.29, 1.82) is 0 Å². The lowest BCUT2D eigenvalue weighted by molar-refractivity contribution is 0.0843. The zero-order valence-electron chi connectivity index (χ0n) is 13.2.